The van der Waals surface area contributed by atoms with Gasteiger partial charge in [-0.05, 0) is 0 Å². The van der Waals surface area contributed by atoms with Crippen molar-refractivity contribution in [3.8, 4) is 0 Å². The molecule has 0 aromatic carbocycles. The molecule has 0 amide bonds. The number of hydrogen-bond acceptors (Lipinski definition) is 4. The molecule has 46 valence electrons. The number of ether oxygens (including phenoxy) is 2. The van der Waals surface area contributed by atoms with Crippen molar-refractivity contribution < 1.29 is 14.3 Å². The number of rotatable bonds is 0. The van der Waals surface area contributed by atoms with Crippen LogP contribution in [0.1, 0.15) is 0 Å². The first-order valence-electron chi connectivity index (χ1n) is 2.34. The molecule has 8 heavy (non-hydrogen) atoms. The molecule has 0 atom stereocenters. The first-order chi connectivity index (χ1) is 3.79. The number of cyclic esters (lactones) is 2. The van der Waals surface area contributed by atoms with Crippen LogP contribution in [0.25, 0.3) is 0 Å². The Labute approximate surface area is 46.6 Å². The maximum absolute atomic E-state index is 10.1. The highest BCUT2D eigenvalue weighted by atomic mass is 16.7. The minimum atomic E-state index is -0.619. The van der Waals surface area contributed by atoms with E-state index in [0.29, 0.717) is 0 Å². The summed E-state index contributed by atoms with van der Waals surface area (Å²) in [7, 11) is 0. The quantitative estimate of drug-likeness (QED) is 0.434. The summed E-state index contributed by atoms with van der Waals surface area (Å²) in [6.45, 7) is 0.553. The topological polar surface area (TPSA) is 61.5 Å². The molecule has 1 aliphatic rings. The maximum atomic E-state index is 10.1. The van der Waals surface area contributed by atoms with Gasteiger partial charge in [-0.1, -0.05) is 0 Å². The zero-order chi connectivity index (χ0) is 5.98. The summed E-state index contributed by atoms with van der Waals surface area (Å²) in [5.74, 6) is 0. The summed E-state index contributed by atoms with van der Waals surface area (Å²) < 4.78 is 8.81. The van der Waals surface area contributed by atoms with Crippen LogP contribution in [0.2, 0.25) is 0 Å². The van der Waals surface area contributed by atoms with Crippen LogP contribution < -0.4 is 5.73 Å². The Morgan fingerprint density at radius 2 is 2.00 bits per heavy atom. The Bertz CT molecular complexity index is 93.5. The Morgan fingerprint density at radius 1 is 1.50 bits per heavy atom. The van der Waals surface area contributed by atoms with E-state index in [2.05, 4.69) is 9.47 Å². The molecule has 0 aliphatic carbocycles. The minimum Gasteiger partial charge on any atom is -0.432 e. The van der Waals surface area contributed by atoms with Crippen LogP contribution in [0.4, 0.5) is 4.79 Å². The van der Waals surface area contributed by atoms with E-state index in [0.717, 1.165) is 0 Å². The van der Waals surface area contributed by atoms with E-state index in [9.17, 15) is 4.79 Å². The summed E-state index contributed by atoms with van der Waals surface area (Å²) in [6, 6.07) is -0.146. The van der Waals surface area contributed by atoms with Gasteiger partial charge in [0.2, 0.25) is 0 Å². The predicted molar refractivity (Wildman–Crippen MR) is 25.3 cm³/mol. The van der Waals surface area contributed by atoms with Crippen LogP contribution in [0.5, 0.6) is 0 Å². The van der Waals surface area contributed by atoms with Gasteiger partial charge in [-0.15, -0.1) is 0 Å². The molecule has 0 radical (unpaired) electrons. The van der Waals surface area contributed by atoms with Gasteiger partial charge in [-0.3, -0.25) is 0 Å². The molecule has 1 heterocycles. The Hall–Kier alpha value is -0.770. The van der Waals surface area contributed by atoms with Crippen molar-refractivity contribution in [1.29, 1.82) is 0 Å². The number of carbonyl (C=O) groups excluding carboxylic acids is 1. The molecule has 0 unspecified atom stereocenters. The molecule has 1 saturated heterocycles. The molecular formula is C4H7NO3. The van der Waals surface area contributed by atoms with Crippen molar-refractivity contribution in [3.05, 3.63) is 0 Å². The van der Waals surface area contributed by atoms with Crippen molar-refractivity contribution in [3.63, 3.8) is 0 Å². The SMILES string of the molecule is NC1COC(=O)OC1. The van der Waals surface area contributed by atoms with Crippen LogP contribution in [0.3, 0.4) is 0 Å². The van der Waals surface area contributed by atoms with Gasteiger partial charge < -0.3 is 15.2 Å². The Balaban J connectivity index is 2.29. The fraction of sp³-hybridized carbons (Fsp3) is 0.750. The lowest BCUT2D eigenvalue weighted by atomic mass is 10.3. The predicted octanol–water partition coefficient (Wildman–Crippen LogP) is -0.520. The van der Waals surface area contributed by atoms with Gasteiger partial charge in [0.25, 0.3) is 0 Å². The minimum absolute atomic E-state index is 0.146. The van der Waals surface area contributed by atoms with Gasteiger partial charge in [-0.2, -0.15) is 0 Å². The van der Waals surface area contributed by atoms with Crippen molar-refractivity contribution >= 4 is 6.16 Å². The van der Waals surface area contributed by atoms with Gasteiger partial charge in [0.05, 0.1) is 6.04 Å². The monoisotopic (exact) mass is 117 g/mol. The number of carbonyl (C=O) groups is 1. The van der Waals surface area contributed by atoms with Gasteiger partial charge in [0, 0.05) is 0 Å². The largest absolute Gasteiger partial charge is 0.508 e. The normalized spacial score (nSPS) is 21.9. The second kappa shape index (κ2) is 2.00. The fourth-order valence-electron chi connectivity index (χ4n) is 0.440. The summed E-state index contributed by atoms with van der Waals surface area (Å²) in [5, 5.41) is 0. The summed E-state index contributed by atoms with van der Waals surface area (Å²) in [5.41, 5.74) is 5.29. The number of hydrogen-bond donors (Lipinski definition) is 1. The molecule has 4 heteroatoms. The van der Waals surface area contributed by atoms with Crippen LogP contribution in [-0.4, -0.2) is 25.4 Å². The van der Waals surface area contributed by atoms with Crippen molar-refractivity contribution in [2.24, 2.45) is 5.73 Å². The summed E-state index contributed by atoms with van der Waals surface area (Å²) in [6.07, 6.45) is -0.619. The van der Waals surface area contributed by atoms with Crippen LogP contribution in [0.15, 0.2) is 0 Å². The van der Waals surface area contributed by atoms with Crippen molar-refractivity contribution in [2.45, 2.75) is 6.04 Å². The van der Waals surface area contributed by atoms with E-state index < -0.39 is 6.16 Å². The van der Waals surface area contributed by atoms with E-state index in [4.69, 9.17) is 5.73 Å². The molecule has 0 bridgehead atoms. The van der Waals surface area contributed by atoms with E-state index >= 15 is 0 Å². The molecule has 0 spiro atoms. The van der Waals surface area contributed by atoms with E-state index in [1.165, 1.54) is 0 Å². The first kappa shape index (κ1) is 5.37. The first-order valence-corrected chi connectivity index (χ1v) is 2.34. The zero-order valence-electron chi connectivity index (χ0n) is 4.29. The fourth-order valence-corrected chi connectivity index (χ4v) is 0.440. The molecule has 1 fully saturated rings. The van der Waals surface area contributed by atoms with Gasteiger partial charge in [0.1, 0.15) is 13.2 Å². The van der Waals surface area contributed by atoms with Crippen LogP contribution in [-0.2, 0) is 9.47 Å². The standard InChI is InChI=1S/C4H7NO3/c5-3-1-7-4(6)8-2-3/h3H,1-2,5H2. The molecule has 1 rings (SSSR count). The zero-order valence-corrected chi connectivity index (χ0v) is 4.29. The molecule has 0 saturated carbocycles. The van der Waals surface area contributed by atoms with Crippen LogP contribution in [0, 0.1) is 0 Å². The maximum Gasteiger partial charge on any atom is 0.508 e. The summed E-state index contributed by atoms with van der Waals surface area (Å²) >= 11 is 0. The van der Waals surface area contributed by atoms with E-state index in [-0.39, 0.29) is 19.3 Å². The lowest BCUT2D eigenvalue weighted by molar-refractivity contribution is 0.00879. The van der Waals surface area contributed by atoms with Crippen molar-refractivity contribution in [1.82, 2.24) is 0 Å². The van der Waals surface area contributed by atoms with Gasteiger partial charge in [-0.25, -0.2) is 4.79 Å². The Morgan fingerprint density at radius 3 is 2.38 bits per heavy atom. The second-order valence-corrected chi connectivity index (χ2v) is 1.63. The third-order valence-electron chi connectivity index (χ3n) is 0.831. The number of nitrogens with two attached hydrogens (primary N) is 1. The average Bonchev–Trinajstić information content (AvgIpc) is 1.77. The van der Waals surface area contributed by atoms with E-state index in [1.54, 1.807) is 0 Å². The van der Waals surface area contributed by atoms with Crippen LogP contribution >= 0.6 is 0 Å². The lowest BCUT2D eigenvalue weighted by Gasteiger charge is -2.17. The molecule has 4 nitrogen and oxygen atoms in total. The molecule has 1 aliphatic heterocycles. The third kappa shape index (κ3) is 1.10. The van der Waals surface area contributed by atoms with Crippen molar-refractivity contribution in [2.75, 3.05) is 13.2 Å². The average molecular weight is 117 g/mol. The van der Waals surface area contributed by atoms with Gasteiger partial charge in [0.15, 0.2) is 0 Å². The third-order valence-corrected chi connectivity index (χ3v) is 0.831. The molecule has 0 aromatic heterocycles. The highest BCUT2D eigenvalue weighted by Crippen LogP contribution is 1.95. The highest BCUT2D eigenvalue weighted by molar-refractivity contribution is 5.60. The summed E-state index contributed by atoms with van der Waals surface area (Å²) in [4.78, 5) is 10.1. The molecule has 2 N–H and O–H groups in total. The second-order valence-electron chi connectivity index (χ2n) is 1.63. The highest BCUT2D eigenvalue weighted by Gasteiger charge is 2.16. The molecular weight excluding hydrogens is 110 g/mol. The smallest absolute Gasteiger partial charge is 0.432 e. The van der Waals surface area contributed by atoms with E-state index in [1.807, 2.05) is 0 Å². The van der Waals surface area contributed by atoms with Gasteiger partial charge >= 0.3 is 6.16 Å². The Kier molecular flexibility index (Phi) is 1.34. The molecule has 0 aromatic rings. The lowest BCUT2D eigenvalue weighted by Crippen LogP contribution is -2.38.